The fraction of sp³-hybridized carbons (Fsp3) is 0. The van der Waals surface area contributed by atoms with Crippen molar-refractivity contribution in [2.24, 2.45) is 0 Å². The molecule has 0 aliphatic carbocycles. The first-order valence-electron chi connectivity index (χ1n) is 3.36. The van der Waals surface area contributed by atoms with E-state index in [9.17, 15) is 0 Å². The molecular formula is C6H5Hg3N2O6. The Bertz CT molecular complexity index is 279. The Morgan fingerprint density at radius 3 is 1.24 bits per heavy atom. The molecule has 0 saturated heterocycles. The molecule has 1 aromatic rings. The summed E-state index contributed by atoms with van der Waals surface area (Å²) < 4.78 is 1.52. The van der Waals surface area contributed by atoms with Crippen LogP contribution in [0.25, 0.3) is 0 Å². The number of nitrogens with zero attached hydrogens (tertiary/aromatic N) is 2. The second kappa shape index (κ2) is 18.8. The maximum absolute atomic E-state index is 8.25. The molecule has 1 aromatic carbocycles. The zero-order valence-electron chi connectivity index (χ0n) is 8.85. The van der Waals surface area contributed by atoms with Crippen molar-refractivity contribution in [3.63, 3.8) is 0 Å². The van der Waals surface area contributed by atoms with Gasteiger partial charge in [0.25, 0.3) is 0 Å². The summed E-state index contributed by atoms with van der Waals surface area (Å²) in [6.07, 6.45) is 0. The van der Waals surface area contributed by atoms with Crippen molar-refractivity contribution in [1.82, 2.24) is 0 Å². The van der Waals surface area contributed by atoms with Crippen molar-refractivity contribution in [2.45, 2.75) is 0 Å². The first kappa shape index (κ1) is 26.1. The van der Waals surface area contributed by atoms with E-state index in [-0.39, 0.29) is 55.3 Å². The Hall–Kier alpha value is 0.425. The van der Waals surface area contributed by atoms with Gasteiger partial charge in [0.05, 0.1) is 10.2 Å². The van der Waals surface area contributed by atoms with E-state index < -0.39 is 10.2 Å². The molecule has 0 bridgehead atoms. The Kier molecular flexibility index (Phi) is 28.8. The normalized spacial score (nSPS) is 6.47. The van der Waals surface area contributed by atoms with Crippen molar-refractivity contribution in [2.75, 3.05) is 0 Å². The molecule has 0 radical (unpaired) electrons. The van der Waals surface area contributed by atoms with Crippen LogP contribution >= 0.6 is 0 Å². The van der Waals surface area contributed by atoms with Crippen molar-refractivity contribution >= 4 is 3.07 Å². The van der Waals surface area contributed by atoms with E-state index >= 15 is 0 Å². The molecule has 0 aromatic heterocycles. The van der Waals surface area contributed by atoms with Crippen LogP contribution in [0.4, 0.5) is 0 Å². The molecule has 81 valence electrons. The van der Waals surface area contributed by atoms with Crippen molar-refractivity contribution in [3.05, 3.63) is 61.0 Å². The fourth-order valence-corrected chi connectivity index (χ4v) is 1.54. The van der Waals surface area contributed by atoms with Crippen LogP contribution in [0.3, 0.4) is 0 Å². The summed E-state index contributed by atoms with van der Waals surface area (Å²) in [6.45, 7) is 0. The van der Waals surface area contributed by atoms with Gasteiger partial charge < -0.3 is 30.6 Å². The molecule has 0 N–H and O–H groups in total. The zero-order valence-corrected chi connectivity index (χ0v) is 25.3. The summed E-state index contributed by atoms with van der Waals surface area (Å²) in [5.74, 6) is 0. The number of benzene rings is 1. The van der Waals surface area contributed by atoms with Crippen LogP contribution in [-0.4, -0.2) is 10.2 Å². The minimum absolute atomic E-state index is 0. The van der Waals surface area contributed by atoms with Gasteiger partial charge in [0.1, 0.15) is 0 Å². The summed E-state index contributed by atoms with van der Waals surface area (Å²) in [4.78, 5) is 16.5. The molecule has 1 rings (SSSR count). The first-order chi connectivity index (χ1) is 6.86. The Morgan fingerprint density at radius 1 is 0.882 bits per heavy atom. The molecule has 0 unspecified atom stereocenters. The van der Waals surface area contributed by atoms with Crippen LogP contribution in [0, 0.1) is 30.6 Å². The topological polar surface area (TPSA) is 132 Å². The Morgan fingerprint density at radius 2 is 1.12 bits per heavy atom. The summed E-state index contributed by atoms with van der Waals surface area (Å²) in [6, 6.07) is 10.6. The summed E-state index contributed by atoms with van der Waals surface area (Å²) in [7, 11) is 0. The molecule has 0 amide bonds. The van der Waals surface area contributed by atoms with E-state index in [1.807, 2.05) is 0 Å². The summed E-state index contributed by atoms with van der Waals surface area (Å²) in [5, 5.41) is 29.5. The molecule has 17 heavy (non-hydrogen) atoms. The van der Waals surface area contributed by atoms with Crippen LogP contribution in [0.2, 0.25) is 0 Å². The monoisotopic (exact) mass is 807 g/mol. The number of rotatable bonds is 0. The van der Waals surface area contributed by atoms with Gasteiger partial charge in [-0.2, -0.15) is 0 Å². The summed E-state index contributed by atoms with van der Waals surface area (Å²) in [5.41, 5.74) is 0. The van der Waals surface area contributed by atoms with E-state index in [4.69, 9.17) is 30.6 Å². The van der Waals surface area contributed by atoms with Gasteiger partial charge >= 0.3 is 87.2 Å². The van der Waals surface area contributed by atoms with Gasteiger partial charge in [-0.05, 0) is 0 Å². The average Bonchev–Trinajstić information content (AvgIpc) is 2.03. The van der Waals surface area contributed by atoms with Gasteiger partial charge in [0, 0.05) is 27.7 Å². The van der Waals surface area contributed by atoms with Crippen molar-refractivity contribution in [3.8, 4) is 0 Å². The van der Waals surface area contributed by atoms with Gasteiger partial charge in [0.15, 0.2) is 0 Å². The van der Waals surface area contributed by atoms with E-state index in [0.29, 0.717) is 0 Å². The van der Waals surface area contributed by atoms with Crippen LogP contribution in [0.5, 0.6) is 0 Å². The third-order valence-electron chi connectivity index (χ3n) is 0.843. The molecule has 0 aliphatic heterocycles. The van der Waals surface area contributed by atoms with Crippen LogP contribution in [0.1, 0.15) is 0 Å². The minimum atomic E-state index is -1.75. The predicted molar refractivity (Wildman–Crippen MR) is 46.8 cm³/mol. The molecule has 0 saturated carbocycles. The van der Waals surface area contributed by atoms with E-state index in [1.54, 1.807) is 0 Å². The Balaban J connectivity index is -0.0000000755. The fourth-order valence-electron chi connectivity index (χ4n) is 0.478. The third-order valence-corrected chi connectivity index (χ3v) is 2.68. The molecule has 8 nitrogen and oxygen atoms in total. The number of hydrogen-bond acceptors (Lipinski definition) is 6. The van der Waals surface area contributed by atoms with E-state index in [0.717, 1.165) is 26.1 Å². The van der Waals surface area contributed by atoms with E-state index in [1.165, 1.54) is 3.07 Å². The molecule has 0 spiro atoms. The van der Waals surface area contributed by atoms with Crippen LogP contribution in [0.15, 0.2) is 30.3 Å². The molecule has 0 atom stereocenters. The van der Waals surface area contributed by atoms with Gasteiger partial charge in [-0.3, -0.25) is 0 Å². The Labute approximate surface area is 154 Å². The van der Waals surface area contributed by atoms with Gasteiger partial charge in [-0.25, -0.2) is 0 Å². The van der Waals surface area contributed by atoms with Gasteiger partial charge in [0.2, 0.25) is 0 Å². The quantitative estimate of drug-likeness (QED) is 0.212. The molecule has 0 aliphatic rings. The van der Waals surface area contributed by atoms with Gasteiger partial charge in [-0.1, -0.05) is 0 Å². The molecule has 0 heterocycles. The predicted octanol–water partition coefficient (Wildman–Crippen LogP) is 0.375. The van der Waals surface area contributed by atoms with E-state index in [2.05, 4.69) is 30.3 Å². The standard InChI is InChI=1S/C6H5.3Hg.2NO3/c1-2-4-6-5-3-1;;;;2*2-1(3)4/h1-5H;;;;;/q;;;+2;2*-1. The molecular weight excluding hydrogens is 798 g/mol. The average molecular weight is 803 g/mol. The van der Waals surface area contributed by atoms with Crippen molar-refractivity contribution in [1.29, 1.82) is 0 Å². The third kappa shape index (κ3) is 48.1. The van der Waals surface area contributed by atoms with Gasteiger partial charge in [-0.15, -0.1) is 0 Å². The zero-order chi connectivity index (χ0) is 12.3. The van der Waals surface area contributed by atoms with Crippen LogP contribution < -0.4 is 3.07 Å². The number of hydrogen-bond donors (Lipinski definition) is 0. The summed E-state index contributed by atoms with van der Waals surface area (Å²) >= 11 is 0.810. The SMILES string of the molecule is O=[N+]([O-])[O-].O=[N+]([O-])[O-].[Hg+2].[Hg].[Hg][c]1ccccc1. The van der Waals surface area contributed by atoms with Crippen LogP contribution in [-0.2, 0) is 81.5 Å². The van der Waals surface area contributed by atoms with Crippen molar-refractivity contribution < 1.29 is 91.6 Å². The first-order valence-corrected chi connectivity index (χ1v) is 6.11. The molecule has 0 fully saturated rings. The maximum atomic E-state index is 8.25. The molecule has 11 heteroatoms. The second-order valence-corrected chi connectivity index (χ2v) is 5.11. The second-order valence-electron chi connectivity index (χ2n) is 1.93.